The summed E-state index contributed by atoms with van der Waals surface area (Å²) in [6, 6.07) is 13.7. The van der Waals surface area contributed by atoms with Crippen molar-refractivity contribution in [1.29, 1.82) is 5.26 Å². The lowest BCUT2D eigenvalue weighted by molar-refractivity contribution is 0.543. The SMILES string of the molecule is Cc1cnc(-c2ccc(C#N)c3ccccc23)o1. The molecule has 0 atom stereocenters. The largest absolute Gasteiger partial charge is 0.441 e. The van der Waals surface area contributed by atoms with Crippen molar-refractivity contribution in [2.45, 2.75) is 6.92 Å². The summed E-state index contributed by atoms with van der Waals surface area (Å²) >= 11 is 0. The first-order valence-corrected chi connectivity index (χ1v) is 5.64. The molecule has 0 N–H and O–H groups in total. The van der Waals surface area contributed by atoms with Gasteiger partial charge in [-0.1, -0.05) is 24.3 Å². The summed E-state index contributed by atoms with van der Waals surface area (Å²) in [6.45, 7) is 1.86. The van der Waals surface area contributed by atoms with Crippen molar-refractivity contribution in [2.24, 2.45) is 0 Å². The molecule has 3 aromatic rings. The van der Waals surface area contributed by atoms with Gasteiger partial charge in [0, 0.05) is 10.9 Å². The monoisotopic (exact) mass is 234 g/mol. The fourth-order valence-corrected chi connectivity index (χ4v) is 2.06. The van der Waals surface area contributed by atoms with Crippen molar-refractivity contribution in [3.63, 3.8) is 0 Å². The average molecular weight is 234 g/mol. The van der Waals surface area contributed by atoms with E-state index in [4.69, 9.17) is 9.68 Å². The molecule has 0 unspecified atom stereocenters. The summed E-state index contributed by atoms with van der Waals surface area (Å²) in [7, 11) is 0. The fourth-order valence-electron chi connectivity index (χ4n) is 2.06. The molecule has 1 aromatic heterocycles. The van der Waals surface area contributed by atoms with Gasteiger partial charge in [0.25, 0.3) is 0 Å². The number of nitrogens with zero attached hydrogens (tertiary/aromatic N) is 2. The highest BCUT2D eigenvalue weighted by Gasteiger charge is 2.10. The quantitative estimate of drug-likeness (QED) is 0.645. The molecule has 0 saturated carbocycles. The van der Waals surface area contributed by atoms with Gasteiger partial charge < -0.3 is 4.42 Å². The van der Waals surface area contributed by atoms with Crippen LogP contribution in [0.3, 0.4) is 0 Å². The minimum atomic E-state index is 0.591. The Morgan fingerprint density at radius 3 is 2.56 bits per heavy atom. The Kier molecular flexibility index (Phi) is 2.35. The van der Waals surface area contributed by atoms with Gasteiger partial charge in [-0.2, -0.15) is 5.26 Å². The van der Waals surface area contributed by atoms with Crippen LogP contribution in [0.25, 0.3) is 22.2 Å². The molecule has 3 heteroatoms. The number of nitriles is 1. The van der Waals surface area contributed by atoms with Gasteiger partial charge in [0.1, 0.15) is 5.76 Å². The molecule has 0 bridgehead atoms. The maximum absolute atomic E-state index is 9.11. The molecule has 3 nitrogen and oxygen atoms in total. The van der Waals surface area contributed by atoms with Gasteiger partial charge in [-0.25, -0.2) is 4.98 Å². The molecular formula is C15H10N2O. The minimum Gasteiger partial charge on any atom is -0.441 e. The first kappa shape index (κ1) is 10.5. The van der Waals surface area contributed by atoms with Crippen LogP contribution in [-0.2, 0) is 0 Å². The number of rotatable bonds is 1. The van der Waals surface area contributed by atoms with E-state index >= 15 is 0 Å². The number of hydrogen-bond donors (Lipinski definition) is 0. The molecule has 0 radical (unpaired) electrons. The number of benzene rings is 2. The molecule has 1 heterocycles. The molecule has 0 spiro atoms. The number of aryl methyl sites for hydroxylation is 1. The van der Waals surface area contributed by atoms with Gasteiger partial charge in [-0.3, -0.25) is 0 Å². The maximum atomic E-state index is 9.11. The van der Waals surface area contributed by atoms with Crippen molar-refractivity contribution in [1.82, 2.24) is 4.98 Å². The zero-order valence-electron chi connectivity index (χ0n) is 9.84. The lowest BCUT2D eigenvalue weighted by Gasteiger charge is -2.04. The van der Waals surface area contributed by atoms with E-state index in [1.54, 1.807) is 12.3 Å². The van der Waals surface area contributed by atoms with Gasteiger partial charge in [-0.15, -0.1) is 0 Å². The summed E-state index contributed by atoms with van der Waals surface area (Å²) < 4.78 is 5.56. The Bertz CT molecular complexity index is 766. The second-order valence-corrected chi connectivity index (χ2v) is 4.09. The van der Waals surface area contributed by atoms with E-state index in [0.29, 0.717) is 11.5 Å². The summed E-state index contributed by atoms with van der Waals surface area (Å²) in [5, 5.41) is 11.0. The molecule has 86 valence electrons. The zero-order chi connectivity index (χ0) is 12.5. The number of fused-ring (bicyclic) bond motifs is 1. The van der Waals surface area contributed by atoms with E-state index in [2.05, 4.69) is 11.1 Å². The molecule has 0 amide bonds. The fraction of sp³-hybridized carbons (Fsp3) is 0.0667. The maximum Gasteiger partial charge on any atom is 0.226 e. The predicted octanol–water partition coefficient (Wildman–Crippen LogP) is 3.67. The summed E-state index contributed by atoms with van der Waals surface area (Å²) in [5.74, 6) is 1.37. The van der Waals surface area contributed by atoms with Gasteiger partial charge in [0.2, 0.25) is 5.89 Å². The highest BCUT2D eigenvalue weighted by Crippen LogP contribution is 2.30. The molecule has 0 aliphatic carbocycles. The highest BCUT2D eigenvalue weighted by atomic mass is 16.4. The van der Waals surface area contributed by atoms with E-state index < -0.39 is 0 Å². The summed E-state index contributed by atoms with van der Waals surface area (Å²) in [4.78, 5) is 4.24. The number of aromatic nitrogens is 1. The van der Waals surface area contributed by atoms with Crippen LogP contribution in [0, 0.1) is 18.3 Å². The van der Waals surface area contributed by atoms with E-state index in [9.17, 15) is 0 Å². The molecule has 18 heavy (non-hydrogen) atoms. The van der Waals surface area contributed by atoms with Crippen LogP contribution in [0.15, 0.2) is 47.0 Å². The van der Waals surface area contributed by atoms with Gasteiger partial charge in [0.15, 0.2) is 0 Å². The van der Waals surface area contributed by atoms with Gasteiger partial charge >= 0.3 is 0 Å². The standard InChI is InChI=1S/C15H10N2O/c1-10-9-17-15(18-10)14-7-6-11(8-16)12-4-2-3-5-13(12)14/h2-7,9H,1H3. The minimum absolute atomic E-state index is 0.591. The Labute approximate surface area is 104 Å². The lowest BCUT2D eigenvalue weighted by atomic mass is 10.0. The normalized spacial score (nSPS) is 10.4. The lowest BCUT2D eigenvalue weighted by Crippen LogP contribution is -1.84. The van der Waals surface area contributed by atoms with Crippen LogP contribution < -0.4 is 0 Å². The second-order valence-electron chi connectivity index (χ2n) is 4.09. The molecular weight excluding hydrogens is 224 g/mol. The molecule has 0 aliphatic rings. The molecule has 2 aromatic carbocycles. The van der Waals surface area contributed by atoms with Crippen molar-refractivity contribution < 1.29 is 4.42 Å². The predicted molar refractivity (Wildman–Crippen MR) is 68.9 cm³/mol. The zero-order valence-corrected chi connectivity index (χ0v) is 9.84. The van der Waals surface area contributed by atoms with Crippen molar-refractivity contribution >= 4 is 10.8 Å². The average Bonchev–Trinajstić information content (AvgIpc) is 2.84. The second kappa shape index (κ2) is 4.01. The summed E-state index contributed by atoms with van der Waals surface area (Å²) in [6.07, 6.45) is 1.70. The molecule has 0 fully saturated rings. The van der Waals surface area contributed by atoms with Crippen LogP contribution in [-0.4, -0.2) is 4.98 Å². The van der Waals surface area contributed by atoms with Crippen molar-refractivity contribution in [3.8, 4) is 17.5 Å². The first-order valence-electron chi connectivity index (χ1n) is 5.64. The van der Waals surface area contributed by atoms with Crippen LogP contribution in [0.4, 0.5) is 0 Å². The smallest absolute Gasteiger partial charge is 0.226 e. The highest BCUT2D eigenvalue weighted by molar-refractivity contribution is 5.98. The molecule has 0 saturated heterocycles. The van der Waals surface area contributed by atoms with E-state index in [1.165, 1.54) is 0 Å². The van der Waals surface area contributed by atoms with Crippen LogP contribution >= 0.6 is 0 Å². The Hall–Kier alpha value is -2.60. The Balaban J connectivity index is 2.35. The third-order valence-electron chi connectivity index (χ3n) is 2.90. The van der Waals surface area contributed by atoms with Crippen molar-refractivity contribution in [2.75, 3.05) is 0 Å². The van der Waals surface area contributed by atoms with Crippen molar-refractivity contribution in [3.05, 3.63) is 53.9 Å². The van der Waals surface area contributed by atoms with E-state index in [-0.39, 0.29) is 0 Å². The number of oxazole rings is 1. The van der Waals surface area contributed by atoms with Crippen LogP contribution in [0.5, 0.6) is 0 Å². The molecule has 3 rings (SSSR count). The topological polar surface area (TPSA) is 49.8 Å². The van der Waals surface area contributed by atoms with Crippen LogP contribution in [0.1, 0.15) is 11.3 Å². The summed E-state index contributed by atoms with van der Waals surface area (Å²) in [5.41, 5.74) is 1.58. The third-order valence-corrected chi connectivity index (χ3v) is 2.90. The number of hydrogen-bond acceptors (Lipinski definition) is 3. The Morgan fingerprint density at radius 2 is 1.89 bits per heavy atom. The van der Waals surface area contributed by atoms with E-state index in [1.807, 2.05) is 37.3 Å². The van der Waals surface area contributed by atoms with Gasteiger partial charge in [0.05, 0.1) is 17.8 Å². The first-order chi connectivity index (χ1) is 8.79. The van der Waals surface area contributed by atoms with E-state index in [0.717, 1.165) is 22.1 Å². The van der Waals surface area contributed by atoms with Gasteiger partial charge in [-0.05, 0) is 24.4 Å². The molecule has 0 aliphatic heterocycles. The third kappa shape index (κ3) is 1.56. The Morgan fingerprint density at radius 1 is 1.11 bits per heavy atom. The van der Waals surface area contributed by atoms with Crippen LogP contribution in [0.2, 0.25) is 0 Å².